The van der Waals surface area contributed by atoms with Gasteiger partial charge in [0.05, 0.1) is 24.2 Å². The van der Waals surface area contributed by atoms with E-state index in [-0.39, 0.29) is 22.8 Å². The Labute approximate surface area is 184 Å². The van der Waals surface area contributed by atoms with E-state index in [9.17, 15) is 19.3 Å². The summed E-state index contributed by atoms with van der Waals surface area (Å²) in [7, 11) is 0. The van der Waals surface area contributed by atoms with Gasteiger partial charge < -0.3 is 15.0 Å². The Bertz CT molecular complexity index is 1120. The highest BCUT2D eigenvalue weighted by molar-refractivity contribution is 5.95. The molecule has 1 unspecified atom stereocenters. The predicted molar refractivity (Wildman–Crippen MR) is 118 cm³/mol. The number of nitrogens with zero attached hydrogens (tertiary/aromatic N) is 2. The highest BCUT2D eigenvalue weighted by Crippen LogP contribution is 2.33. The molecule has 0 radical (unpaired) electrons. The number of carbonyl (C=O) groups excluding carboxylic acids is 1. The number of nitrogens with one attached hydrogen (secondary N) is 1. The number of benzene rings is 3. The summed E-state index contributed by atoms with van der Waals surface area (Å²) < 4.78 is 19.2. The summed E-state index contributed by atoms with van der Waals surface area (Å²) in [5.74, 6) is -0.668. The van der Waals surface area contributed by atoms with E-state index in [0.29, 0.717) is 31.9 Å². The van der Waals surface area contributed by atoms with Gasteiger partial charge in [-0.25, -0.2) is 4.39 Å². The Kier molecular flexibility index (Phi) is 6.42. The standard InChI is InChI=1S/C24H22FN3O4/c25-20-8-4-7-18(15-20)23(17-5-2-1-3-6-17)26-21-10-9-19(16-22(21)28(30)31)24(29)27-11-13-32-14-12-27/h1-10,15-16,23,26H,11-14H2. The topological polar surface area (TPSA) is 84.7 Å². The number of nitro groups is 1. The minimum absolute atomic E-state index is 0.221. The van der Waals surface area contributed by atoms with Crippen LogP contribution in [-0.2, 0) is 4.74 Å². The number of hydrogen-bond acceptors (Lipinski definition) is 5. The molecule has 0 aromatic heterocycles. The van der Waals surface area contributed by atoms with Crippen LogP contribution in [0.5, 0.6) is 0 Å². The summed E-state index contributed by atoms with van der Waals surface area (Å²) in [6.45, 7) is 1.78. The Hall–Kier alpha value is -3.78. The first-order valence-corrected chi connectivity index (χ1v) is 10.3. The van der Waals surface area contributed by atoms with Gasteiger partial charge in [-0.15, -0.1) is 0 Å². The molecule has 0 aliphatic carbocycles. The monoisotopic (exact) mass is 435 g/mol. The maximum absolute atomic E-state index is 13.9. The second kappa shape index (κ2) is 9.57. The second-order valence-corrected chi connectivity index (χ2v) is 7.44. The third-order valence-corrected chi connectivity index (χ3v) is 5.35. The zero-order valence-corrected chi connectivity index (χ0v) is 17.2. The molecule has 0 spiro atoms. The fourth-order valence-corrected chi connectivity index (χ4v) is 3.73. The molecule has 1 fully saturated rings. The number of halogens is 1. The van der Waals surface area contributed by atoms with Crippen LogP contribution in [0.3, 0.4) is 0 Å². The molecule has 164 valence electrons. The zero-order chi connectivity index (χ0) is 22.5. The van der Waals surface area contributed by atoms with Crippen LogP contribution in [0.2, 0.25) is 0 Å². The summed E-state index contributed by atoms with van der Waals surface area (Å²) in [4.78, 5) is 25.7. The molecule has 7 nitrogen and oxygen atoms in total. The molecule has 8 heteroatoms. The maximum Gasteiger partial charge on any atom is 0.293 e. The summed E-state index contributed by atoms with van der Waals surface area (Å²) >= 11 is 0. The first-order chi connectivity index (χ1) is 15.5. The van der Waals surface area contributed by atoms with Gasteiger partial charge in [-0.1, -0.05) is 42.5 Å². The SMILES string of the molecule is O=C(c1ccc(NC(c2ccccc2)c2cccc(F)c2)c([N+](=O)[O-])c1)N1CCOCC1. The van der Waals surface area contributed by atoms with Crippen LogP contribution in [0, 0.1) is 15.9 Å². The molecular weight excluding hydrogens is 413 g/mol. The van der Waals surface area contributed by atoms with E-state index in [1.165, 1.54) is 24.3 Å². The number of rotatable bonds is 6. The van der Waals surface area contributed by atoms with Crippen molar-refractivity contribution < 1.29 is 18.8 Å². The van der Waals surface area contributed by atoms with Crippen LogP contribution in [0.15, 0.2) is 72.8 Å². The molecule has 1 heterocycles. The van der Waals surface area contributed by atoms with Crippen molar-refractivity contribution in [2.24, 2.45) is 0 Å². The Morgan fingerprint density at radius 2 is 1.72 bits per heavy atom. The molecule has 4 rings (SSSR count). The molecule has 1 atom stereocenters. The summed E-state index contributed by atoms with van der Waals surface area (Å²) in [5.41, 5.74) is 1.71. The zero-order valence-electron chi connectivity index (χ0n) is 17.2. The number of amides is 1. The minimum Gasteiger partial charge on any atom is -0.378 e. The number of ether oxygens (including phenoxy) is 1. The lowest BCUT2D eigenvalue weighted by molar-refractivity contribution is -0.384. The van der Waals surface area contributed by atoms with E-state index in [1.807, 2.05) is 30.3 Å². The minimum atomic E-state index is -0.522. The third kappa shape index (κ3) is 4.76. The predicted octanol–water partition coefficient (Wildman–Crippen LogP) is 4.41. The van der Waals surface area contributed by atoms with Gasteiger partial charge in [0, 0.05) is 24.7 Å². The average molecular weight is 435 g/mol. The van der Waals surface area contributed by atoms with E-state index >= 15 is 0 Å². The van der Waals surface area contributed by atoms with Crippen molar-refractivity contribution in [3.63, 3.8) is 0 Å². The van der Waals surface area contributed by atoms with Gasteiger partial charge in [0.1, 0.15) is 11.5 Å². The first-order valence-electron chi connectivity index (χ1n) is 10.3. The number of anilines is 1. The van der Waals surface area contributed by atoms with E-state index in [0.717, 1.165) is 5.56 Å². The smallest absolute Gasteiger partial charge is 0.293 e. The Morgan fingerprint density at radius 1 is 1.00 bits per heavy atom. The molecule has 3 aromatic rings. The summed E-state index contributed by atoms with van der Waals surface area (Å²) in [5, 5.41) is 15.0. The van der Waals surface area contributed by atoms with Crippen LogP contribution >= 0.6 is 0 Å². The normalized spacial score (nSPS) is 14.6. The fourth-order valence-electron chi connectivity index (χ4n) is 3.73. The lowest BCUT2D eigenvalue weighted by Crippen LogP contribution is -2.40. The van der Waals surface area contributed by atoms with E-state index in [1.54, 1.807) is 23.1 Å². The summed E-state index contributed by atoms with van der Waals surface area (Å²) in [6, 6.07) is 19.3. The van der Waals surface area contributed by atoms with Crippen LogP contribution in [0.25, 0.3) is 0 Å². The molecule has 1 amide bonds. The van der Waals surface area contributed by atoms with Gasteiger partial charge in [0.25, 0.3) is 11.6 Å². The Balaban J connectivity index is 1.69. The lowest BCUT2D eigenvalue weighted by Gasteiger charge is -2.27. The fraction of sp³-hybridized carbons (Fsp3) is 0.208. The van der Waals surface area contributed by atoms with Gasteiger partial charge in [0.2, 0.25) is 0 Å². The van der Waals surface area contributed by atoms with Crippen LogP contribution in [0.1, 0.15) is 27.5 Å². The van der Waals surface area contributed by atoms with Crippen molar-refractivity contribution >= 4 is 17.3 Å². The number of hydrogen-bond donors (Lipinski definition) is 1. The molecule has 0 saturated carbocycles. The van der Waals surface area contributed by atoms with Gasteiger partial charge in [-0.2, -0.15) is 0 Å². The largest absolute Gasteiger partial charge is 0.378 e. The van der Waals surface area contributed by atoms with E-state index in [2.05, 4.69) is 5.32 Å². The number of morpholine rings is 1. The van der Waals surface area contributed by atoms with Crippen molar-refractivity contribution in [3.05, 3.63) is 105 Å². The van der Waals surface area contributed by atoms with Crippen LogP contribution < -0.4 is 5.32 Å². The van der Waals surface area contributed by atoms with Gasteiger partial charge >= 0.3 is 0 Å². The molecule has 1 N–H and O–H groups in total. The van der Waals surface area contributed by atoms with Crippen molar-refractivity contribution in [1.82, 2.24) is 4.90 Å². The van der Waals surface area contributed by atoms with E-state index < -0.39 is 16.8 Å². The van der Waals surface area contributed by atoms with Crippen molar-refractivity contribution in [2.45, 2.75) is 6.04 Å². The quantitative estimate of drug-likeness (QED) is 0.458. The van der Waals surface area contributed by atoms with Gasteiger partial charge in [0.15, 0.2) is 0 Å². The highest BCUT2D eigenvalue weighted by Gasteiger charge is 2.24. The average Bonchev–Trinajstić information content (AvgIpc) is 2.83. The van der Waals surface area contributed by atoms with Crippen molar-refractivity contribution in [3.8, 4) is 0 Å². The van der Waals surface area contributed by atoms with Crippen molar-refractivity contribution in [2.75, 3.05) is 31.6 Å². The first kappa shape index (κ1) is 21.5. The number of nitro benzene ring substituents is 1. The van der Waals surface area contributed by atoms with Gasteiger partial charge in [-0.05, 0) is 35.4 Å². The maximum atomic E-state index is 13.9. The molecule has 1 aliphatic rings. The summed E-state index contributed by atoms with van der Waals surface area (Å²) in [6.07, 6.45) is 0. The van der Waals surface area contributed by atoms with Gasteiger partial charge in [-0.3, -0.25) is 14.9 Å². The Morgan fingerprint density at radius 3 is 2.41 bits per heavy atom. The van der Waals surface area contributed by atoms with Crippen LogP contribution in [-0.4, -0.2) is 42.0 Å². The lowest BCUT2D eigenvalue weighted by atomic mass is 9.98. The van der Waals surface area contributed by atoms with Crippen LogP contribution in [0.4, 0.5) is 15.8 Å². The third-order valence-electron chi connectivity index (χ3n) is 5.35. The molecule has 32 heavy (non-hydrogen) atoms. The van der Waals surface area contributed by atoms with E-state index in [4.69, 9.17) is 4.74 Å². The molecular formula is C24H22FN3O4. The van der Waals surface area contributed by atoms with Crippen molar-refractivity contribution in [1.29, 1.82) is 0 Å². The second-order valence-electron chi connectivity index (χ2n) is 7.44. The molecule has 1 saturated heterocycles. The molecule has 3 aromatic carbocycles. The highest BCUT2D eigenvalue weighted by atomic mass is 19.1. The molecule has 1 aliphatic heterocycles. The molecule has 0 bridgehead atoms. The number of carbonyl (C=O) groups is 1.